The molecule has 9 rings (SSSR count). The van der Waals surface area contributed by atoms with E-state index in [1.165, 1.54) is 36.9 Å². The number of aromatic nitrogens is 1. The van der Waals surface area contributed by atoms with Gasteiger partial charge in [-0.15, -0.1) is 11.3 Å². The van der Waals surface area contributed by atoms with Gasteiger partial charge < -0.3 is 8.98 Å². The summed E-state index contributed by atoms with van der Waals surface area (Å²) in [5.74, 6) is 0. The van der Waals surface area contributed by atoms with Crippen LogP contribution >= 0.6 is 11.3 Å². The summed E-state index contributed by atoms with van der Waals surface area (Å²) in [6.07, 6.45) is 0. The summed E-state index contributed by atoms with van der Waals surface area (Å²) < 4.78 is 11.6. The second-order valence-corrected chi connectivity index (χ2v) is 11.6. The predicted octanol–water partition coefficient (Wildman–Crippen LogP) is 11.2. The van der Waals surface area contributed by atoms with E-state index in [2.05, 4.69) is 144 Å². The summed E-state index contributed by atoms with van der Waals surface area (Å²) in [6, 6.07) is 49.9. The van der Waals surface area contributed by atoms with Crippen molar-refractivity contribution >= 4 is 64.5 Å². The normalized spacial score (nSPS) is 11.9. The van der Waals surface area contributed by atoms with Crippen molar-refractivity contribution in [1.82, 2.24) is 4.57 Å². The van der Waals surface area contributed by atoms with E-state index in [-0.39, 0.29) is 0 Å². The number of nitrogens with zero attached hydrogens (tertiary/aromatic N) is 1. The summed E-state index contributed by atoms with van der Waals surface area (Å²) in [5, 5.41) is 4.88. The van der Waals surface area contributed by atoms with Gasteiger partial charge >= 0.3 is 0 Å². The lowest BCUT2D eigenvalue weighted by Crippen LogP contribution is -1.92. The largest absolute Gasteiger partial charge is 0.454 e. The van der Waals surface area contributed by atoms with Gasteiger partial charge in [0.2, 0.25) is 0 Å². The zero-order chi connectivity index (χ0) is 26.9. The third-order valence-electron chi connectivity index (χ3n) is 8.22. The molecule has 0 aliphatic carbocycles. The van der Waals surface area contributed by atoms with Crippen molar-refractivity contribution < 1.29 is 4.42 Å². The van der Waals surface area contributed by atoms with E-state index in [9.17, 15) is 0 Å². The van der Waals surface area contributed by atoms with Gasteiger partial charge in [-0.05, 0) is 76.9 Å². The predicted molar refractivity (Wildman–Crippen MR) is 174 cm³/mol. The Balaban J connectivity index is 1.25. The Labute approximate surface area is 240 Å². The number of para-hydroxylation sites is 2. The van der Waals surface area contributed by atoms with Crippen molar-refractivity contribution in [2.75, 3.05) is 0 Å². The zero-order valence-corrected chi connectivity index (χ0v) is 22.9. The Morgan fingerprint density at radius 2 is 1.15 bits per heavy atom. The van der Waals surface area contributed by atoms with Gasteiger partial charge in [0.05, 0.1) is 5.52 Å². The van der Waals surface area contributed by atoms with Crippen LogP contribution in [-0.2, 0) is 0 Å². The SMILES string of the molecule is c1ccc(-n2c3ccccc3c3oc4cc(-c5ccccc5-c5ccc6sc7ccccc7c6c5)ccc4c32)cc1. The van der Waals surface area contributed by atoms with Crippen LogP contribution in [0.2, 0.25) is 0 Å². The maximum Gasteiger partial charge on any atom is 0.161 e. The standard InChI is InChI=1S/C38H23NOS/c1-2-10-26(11-3-1)39-33-16-8-6-15-30(33)38-37(39)31-20-18-25(23-34(31)40-38)28-13-5-4-12-27(28)24-19-21-36-32(22-24)29-14-7-9-17-35(29)41-36/h1-23H. The quantitative estimate of drug-likeness (QED) is 0.217. The second kappa shape index (κ2) is 8.69. The van der Waals surface area contributed by atoms with E-state index >= 15 is 0 Å². The molecule has 6 aromatic carbocycles. The summed E-state index contributed by atoms with van der Waals surface area (Å²) in [7, 11) is 0. The van der Waals surface area contributed by atoms with Crippen LogP contribution in [0.3, 0.4) is 0 Å². The first-order valence-corrected chi connectivity index (χ1v) is 14.7. The molecular weight excluding hydrogens is 518 g/mol. The van der Waals surface area contributed by atoms with Gasteiger partial charge in [-0.2, -0.15) is 0 Å². The highest BCUT2D eigenvalue weighted by Crippen LogP contribution is 2.42. The van der Waals surface area contributed by atoms with Crippen molar-refractivity contribution in [3.05, 3.63) is 140 Å². The average molecular weight is 542 g/mol. The minimum atomic E-state index is 0.900. The second-order valence-electron chi connectivity index (χ2n) is 10.5. The molecule has 0 spiro atoms. The number of benzene rings is 6. The molecular formula is C38H23NOS. The highest BCUT2D eigenvalue weighted by Gasteiger charge is 2.20. The Morgan fingerprint density at radius 1 is 0.488 bits per heavy atom. The molecule has 0 fully saturated rings. The zero-order valence-electron chi connectivity index (χ0n) is 22.0. The van der Waals surface area contributed by atoms with Crippen molar-refractivity contribution in [2.45, 2.75) is 0 Å². The highest BCUT2D eigenvalue weighted by molar-refractivity contribution is 7.25. The molecule has 9 aromatic rings. The molecule has 0 N–H and O–H groups in total. The first-order valence-electron chi connectivity index (χ1n) is 13.9. The molecule has 0 radical (unpaired) electrons. The first-order chi connectivity index (χ1) is 20.3. The molecule has 0 aliphatic heterocycles. The fourth-order valence-corrected chi connectivity index (χ4v) is 7.45. The minimum absolute atomic E-state index is 0.900. The van der Waals surface area contributed by atoms with Gasteiger partial charge in [0.15, 0.2) is 5.58 Å². The number of rotatable bonds is 3. The van der Waals surface area contributed by atoms with E-state index < -0.39 is 0 Å². The molecule has 3 heteroatoms. The Morgan fingerprint density at radius 3 is 2.00 bits per heavy atom. The van der Waals surface area contributed by atoms with Crippen LogP contribution in [-0.4, -0.2) is 4.57 Å². The van der Waals surface area contributed by atoms with E-state index in [1.807, 2.05) is 11.3 Å². The number of hydrogen-bond acceptors (Lipinski definition) is 2. The molecule has 0 saturated carbocycles. The van der Waals surface area contributed by atoms with Gasteiger partial charge in [0.1, 0.15) is 11.1 Å². The lowest BCUT2D eigenvalue weighted by atomic mass is 9.93. The van der Waals surface area contributed by atoms with Gasteiger partial charge in [0.25, 0.3) is 0 Å². The van der Waals surface area contributed by atoms with E-state index in [0.717, 1.165) is 44.2 Å². The Bertz CT molecular complexity index is 2420. The van der Waals surface area contributed by atoms with Crippen LogP contribution in [0.25, 0.3) is 81.1 Å². The maximum atomic E-state index is 6.65. The van der Waals surface area contributed by atoms with Crippen molar-refractivity contribution in [3.63, 3.8) is 0 Å². The fourth-order valence-electron chi connectivity index (χ4n) is 6.36. The number of fused-ring (bicyclic) bond motifs is 8. The number of thiophene rings is 1. The van der Waals surface area contributed by atoms with Gasteiger partial charge in [-0.1, -0.05) is 84.9 Å². The molecule has 2 nitrogen and oxygen atoms in total. The molecule has 0 unspecified atom stereocenters. The molecule has 3 heterocycles. The average Bonchev–Trinajstić information content (AvgIpc) is 3.69. The van der Waals surface area contributed by atoms with E-state index in [4.69, 9.17) is 4.42 Å². The van der Waals surface area contributed by atoms with Gasteiger partial charge in [0, 0.05) is 36.6 Å². The van der Waals surface area contributed by atoms with Gasteiger partial charge in [-0.3, -0.25) is 0 Å². The molecule has 0 atom stereocenters. The molecule has 41 heavy (non-hydrogen) atoms. The monoisotopic (exact) mass is 541 g/mol. The number of furan rings is 1. The molecule has 0 aliphatic rings. The van der Waals surface area contributed by atoms with Crippen LogP contribution in [0.15, 0.2) is 144 Å². The molecule has 0 bridgehead atoms. The van der Waals surface area contributed by atoms with Gasteiger partial charge in [-0.25, -0.2) is 0 Å². The molecule has 0 saturated heterocycles. The van der Waals surface area contributed by atoms with Crippen molar-refractivity contribution in [3.8, 4) is 27.9 Å². The van der Waals surface area contributed by atoms with E-state index in [1.54, 1.807) is 0 Å². The number of hydrogen-bond donors (Lipinski definition) is 0. The van der Waals surface area contributed by atoms with Crippen LogP contribution in [0.4, 0.5) is 0 Å². The summed E-state index contributed by atoms with van der Waals surface area (Å²) in [6.45, 7) is 0. The molecule has 0 amide bonds. The maximum absolute atomic E-state index is 6.65. The first kappa shape index (κ1) is 22.7. The van der Waals surface area contributed by atoms with Crippen LogP contribution in [0.5, 0.6) is 0 Å². The smallest absolute Gasteiger partial charge is 0.161 e. The van der Waals surface area contributed by atoms with Crippen LogP contribution in [0, 0.1) is 0 Å². The summed E-state index contributed by atoms with van der Waals surface area (Å²) >= 11 is 1.86. The molecule has 192 valence electrons. The third kappa shape index (κ3) is 3.36. The Kier molecular flexibility index (Phi) is 4.80. The molecule has 3 aromatic heterocycles. The van der Waals surface area contributed by atoms with Crippen molar-refractivity contribution in [2.24, 2.45) is 0 Å². The third-order valence-corrected chi connectivity index (χ3v) is 9.37. The van der Waals surface area contributed by atoms with Crippen molar-refractivity contribution in [1.29, 1.82) is 0 Å². The van der Waals surface area contributed by atoms with Crippen LogP contribution < -0.4 is 0 Å². The Hall–Kier alpha value is -5.12. The summed E-state index contributed by atoms with van der Waals surface area (Å²) in [4.78, 5) is 0. The lowest BCUT2D eigenvalue weighted by Gasteiger charge is -2.11. The van der Waals surface area contributed by atoms with Crippen LogP contribution in [0.1, 0.15) is 0 Å². The highest BCUT2D eigenvalue weighted by atomic mass is 32.1. The summed E-state index contributed by atoms with van der Waals surface area (Å²) in [5.41, 5.74) is 10.0. The van der Waals surface area contributed by atoms with E-state index in [0.29, 0.717) is 0 Å². The minimum Gasteiger partial charge on any atom is -0.454 e. The topological polar surface area (TPSA) is 18.1 Å². The lowest BCUT2D eigenvalue weighted by molar-refractivity contribution is 0.673. The fraction of sp³-hybridized carbons (Fsp3) is 0.